The van der Waals surface area contributed by atoms with Crippen LogP contribution in [-0.4, -0.2) is 44.1 Å². The normalized spacial score (nSPS) is 16.1. The number of carbonyl (C=O) groups is 1. The Balaban J connectivity index is 1.87. The molecule has 1 saturated heterocycles. The smallest absolute Gasteiger partial charge is 0.240 e. The van der Waals surface area contributed by atoms with Crippen LogP contribution in [-0.2, 0) is 11.8 Å². The van der Waals surface area contributed by atoms with E-state index < -0.39 is 0 Å². The van der Waals surface area contributed by atoms with Gasteiger partial charge in [0, 0.05) is 20.1 Å². The van der Waals surface area contributed by atoms with Crippen LogP contribution in [0.1, 0.15) is 23.7 Å². The molecule has 3 rings (SSSR count). The van der Waals surface area contributed by atoms with Gasteiger partial charge < -0.3 is 4.90 Å². The topological polar surface area (TPSA) is 63.9 Å². The molecule has 1 atom stereocenters. The second-order valence-corrected chi connectivity index (χ2v) is 6.10. The van der Waals surface area contributed by atoms with Crippen molar-refractivity contribution in [1.82, 2.24) is 25.1 Å². The number of likely N-dealkylation sites (tertiary alicyclic amines) is 1. The van der Waals surface area contributed by atoms with Gasteiger partial charge in [0.05, 0.1) is 0 Å². The van der Waals surface area contributed by atoms with Crippen molar-refractivity contribution in [2.45, 2.75) is 23.2 Å². The van der Waals surface area contributed by atoms with Crippen LogP contribution in [0, 0.1) is 0 Å². The molecule has 2 heterocycles. The number of benzene rings is 1. The molecule has 1 aromatic carbocycles. The highest BCUT2D eigenvalue weighted by Crippen LogP contribution is 2.35. The van der Waals surface area contributed by atoms with Gasteiger partial charge in [0.15, 0.2) is 0 Å². The summed E-state index contributed by atoms with van der Waals surface area (Å²) in [5, 5.41) is 11.8. The van der Waals surface area contributed by atoms with E-state index in [1.165, 1.54) is 11.8 Å². The fourth-order valence-corrected chi connectivity index (χ4v) is 3.45. The Bertz CT molecular complexity index is 609. The largest absolute Gasteiger partial charge is 0.341 e. The van der Waals surface area contributed by atoms with Gasteiger partial charge in [-0.2, -0.15) is 0 Å². The molecule has 0 spiro atoms. The van der Waals surface area contributed by atoms with Crippen LogP contribution in [0.25, 0.3) is 0 Å². The number of hydrogen-bond acceptors (Lipinski definition) is 5. The summed E-state index contributed by atoms with van der Waals surface area (Å²) in [5.41, 5.74) is 0.988. The minimum atomic E-state index is -0.297. The van der Waals surface area contributed by atoms with Crippen LogP contribution in [0.5, 0.6) is 0 Å². The summed E-state index contributed by atoms with van der Waals surface area (Å²) >= 11 is 1.41. The minimum Gasteiger partial charge on any atom is -0.341 e. The van der Waals surface area contributed by atoms with E-state index in [1.807, 2.05) is 35.2 Å². The third-order valence-electron chi connectivity index (χ3n) is 3.55. The van der Waals surface area contributed by atoms with Gasteiger partial charge in [0.1, 0.15) is 5.25 Å². The van der Waals surface area contributed by atoms with Crippen LogP contribution in [0.3, 0.4) is 0 Å². The van der Waals surface area contributed by atoms with Gasteiger partial charge in [0.25, 0.3) is 0 Å². The number of amides is 1. The SMILES string of the molecule is Cn1nnnc1S[C@@H](C(=O)N1CCCC1)c1ccccc1. The Morgan fingerprint density at radius 2 is 1.95 bits per heavy atom. The van der Waals surface area contributed by atoms with Crippen LogP contribution < -0.4 is 0 Å². The molecular formula is C14H17N5OS. The molecule has 1 fully saturated rings. The van der Waals surface area contributed by atoms with Crippen molar-refractivity contribution < 1.29 is 4.79 Å². The molecule has 1 aliphatic heterocycles. The van der Waals surface area contributed by atoms with E-state index >= 15 is 0 Å². The lowest BCUT2D eigenvalue weighted by molar-refractivity contribution is -0.129. The minimum absolute atomic E-state index is 0.145. The highest BCUT2D eigenvalue weighted by Gasteiger charge is 2.30. The van der Waals surface area contributed by atoms with Crippen molar-refractivity contribution in [3.8, 4) is 0 Å². The first kappa shape index (κ1) is 14.1. The predicted molar refractivity (Wildman–Crippen MR) is 79.7 cm³/mol. The van der Waals surface area contributed by atoms with Crippen LogP contribution in [0.15, 0.2) is 35.5 Å². The highest BCUT2D eigenvalue weighted by molar-refractivity contribution is 8.00. The fourth-order valence-electron chi connectivity index (χ4n) is 2.42. The molecule has 0 unspecified atom stereocenters. The summed E-state index contributed by atoms with van der Waals surface area (Å²) in [5.74, 6) is 0.145. The number of tetrazole rings is 1. The number of nitrogens with zero attached hydrogens (tertiary/aromatic N) is 5. The first-order valence-electron chi connectivity index (χ1n) is 6.98. The van der Waals surface area contributed by atoms with E-state index in [0.717, 1.165) is 31.5 Å². The quantitative estimate of drug-likeness (QED) is 0.804. The second kappa shape index (κ2) is 6.26. The Hall–Kier alpha value is -1.89. The molecule has 7 heteroatoms. The summed E-state index contributed by atoms with van der Waals surface area (Å²) in [6, 6.07) is 9.82. The molecule has 110 valence electrons. The molecular weight excluding hydrogens is 286 g/mol. The third kappa shape index (κ3) is 3.07. The van der Waals surface area contributed by atoms with Gasteiger partial charge in [-0.15, -0.1) is 5.10 Å². The van der Waals surface area contributed by atoms with Crippen molar-refractivity contribution in [2.24, 2.45) is 7.05 Å². The Labute approximate surface area is 127 Å². The summed E-state index contributed by atoms with van der Waals surface area (Å²) in [7, 11) is 1.78. The zero-order valence-electron chi connectivity index (χ0n) is 11.8. The number of carbonyl (C=O) groups excluding carboxylic acids is 1. The Morgan fingerprint density at radius 1 is 1.24 bits per heavy atom. The van der Waals surface area contributed by atoms with Crippen molar-refractivity contribution in [3.63, 3.8) is 0 Å². The zero-order chi connectivity index (χ0) is 14.7. The maximum absolute atomic E-state index is 12.8. The maximum Gasteiger partial charge on any atom is 0.240 e. The van der Waals surface area contributed by atoms with Crippen molar-refractivity contribution in [3.05, 3.63) is 35.9 Å². The van der Waals surface area contributed by atoms with Crippen molar-refractivity contribution >= 4 is 17.7 Å². The van der Waals surface area contributed by atoms with Gasteiger partial charge in [-0.05, 0) is 28.8 Å². The van der Waals surface area contributed by atoms with Crippen LogP contribution in [0.2, 0.25) is 0 Å². The average Bonchev–Trinajstić information content (AvgIpc) is 3.17. The summed E-state index contributed by atoms with van der Waals surface area (Å²) in [4.78, 5) is 14.7. The zero-order valence-corrected chi connectivity index (χ0v) is 12.7. The number of thioether (sulfide) groups is 1. The Kier molecular flexibility index (Phi) is 4.19. The van der Waals surface area contributed by atoms with Crippen LogP contribution >= 0.6 is 11.8 Å². The van der Waals surface area contributed by atoms with E-state index in [-0.39, 0.29) is 11.2 Å². The fraction of sp³-hybridized carbons (Fsp3) is 0.429. The molecule has 1 aliphatic rings. The average molecular weight is 303 g/mol. The van der Waals surface area contributed by atoms with Crippen LogP contribution in [0.4, 0.5) is 0 Å². The summed E-state index contributed by atoms with van der Waals surface area (Å²) < 4.78 is 1.60. The monoisotopic (exact) mass is 303 g/mol. The van der Waals surface area contributed by atoms with E-state index in [1.54, 1.807) is 11.7 Å². The molecule has 0 radical (unpaired) electrons. The molecule has 1 aromatic heterocycles. The maximum atomic E-state index is 12.8. The van der Waals surface area contributed by atoms with Gasteiger partial charge >= 0.3 is 0 Å². The van der Waals surface area contributed by atoms with E-state index in [2.05, 4.69) is 15.5 Å². The molecule has 0 saturated carbocycles. The lowest BCUT2D eigenvalue weighted by atomic mass is 10.1. The van der Waals surface area contributed by atoms with E-state index in [0.29, 0.717) is 5.16 Å². The predicted octanol–water partition coefficient (Wildman–Crippen LogP) is 1.67. The van der Waals surface area contributed by atoms with Gasteiger partial charge in [0.2, 0.25) is 11.1 Å². The molecule has 21 heavy (non-hydrogen) atoms. The summed E-state index contributed by atoms with van der Waals surface area (Å²) in [6.45, 7) is 1.69. The number of aryl methyl sites for hydroxylation is 1. The summed E-state index contributed by atoms with van der Waals surface area (Å²) in [6.07, 6.45) is 2.17. The second-order valence-electron chi connectivity index (χ2n) is 5.03. The molecule has 2 aromatic rings. The lowest BCUT2D eigenvalue weighted by Gasteiger charge is -2.22. The lowest BCUT2D eigenvalue weighted by Crippen LogP contribution is -2.31. The molecule has 0 bridgehead atoms. The Morgan fingerprint density at radius 3 is 2.57 bits per heavy atom. The third-order valence-corrected chi connectivity index (χ3v) is 4.82. The van der Waals surface area contributed by atoms with E-state index in [9.17, 15) is 4.79 Å². The van der Waals surface area contributed by atoms with Gasteiger partial charge in [-0.3, -0.25) is 4.79 Å². The number of aromatic nitrogens is 4. The number of hydrogen-bond donors (Lipinski definition) is 0. The standard InChI is InChI=1S/C14H17N5OS/c1-18-14(15-16-17-18)21-12(11-7-3-2-4-8-11)13(20)19-9-5-6-10-19/h2-4,7-8,12H,5-6,9-10H2,1H3/t12-/m1/s1. The van der Waals surface area contributed by atoms with Gasteiger partial charge in [-0.1, -0.05) is 42.1 Å². The number of rotatable bonds is 4. The van der Waals surface area contributed by atoms with Crippen molar-refractivity contribution in [1.29, 1.82) is 0 Å². The molecule has 6 nitrogen and oxygen atoms in total. The first-order valence-corrected chi connectivity index (χ1v) is 7.86. The van der Waals surface area contributed by atoms with Gasteiger partial charge in [-0.25, -0.2) is 4.68 Å². The van der Waals surface area contributed by atoms with Crippen molar-refractivity contribution in [2.75, 3.05) is 13.1 Å². The first-order chi connectivity index (χ1) is 10.3. The molecule has 0 aliphatic carbocycles. The molecule has 1 amide bonds. The highest BCUT2D eigenvalue weighted by atomic mass is 32.2. The molecule has 0 N–H and O–H groups in total. The van der Waals surface area contributed by atoms with E-state index in [4.69, 9.17) is 0 Å².